The topological polar surface area (TPSA) is 26.3 Å². The summed E-state index contributed by atoms with van der Waals surface area (Å²) < 4.78 is 75.9. The number of alkyl halides is 6. The summed E-state index contributed by atoms with van der Waals surface area (Å²) in [4.78, 5) is 10.9. The summed E-state index contributed by atoms with van der Waals surface area (Å²) in [5, 5.41) is 0. The molecule has 0 amide bonds. The summed E-state index contributed by atoms with van der Waals surface area (Å²) in [5.41, 5.74) is 0.250. The number of benzene rings is 1. The second-order valence-electron chi connectivity index (χ2n) is 3.48. The zero-order valence-corrected chi connectivity index (χ0v) is 9.55. The minimum atomic E-state index is -5.75. The van der Waals surface area contributed by atoms with Crippen LogP contribution in [-0.2, 0) is 9.53 Å². The summed E-state index contributed by atoms with van der Waals surface area (Å²) in [7, 11) is 0. The Morgan fingerprint density at radius 1 is 1.00 bits per heavy atom. The van der Waals surface area contributed by atoms with Crippen LogP contribution in [0.15, 0.2) is 30.3 Å². The molecule has 8 heteroatoms. The maximum Gasteiger partial charge on any atom is 0.434 e. The molecule has 0 fully saturated rings. The van der Waals surface area contributed by atoms with E-state index in [2.05, 4.69) is 10.7 Å². The van der Waals surface area contributed by atoms with Gasteiger partial charge in [0.15, 0.2) is 0 Å². The third-order valence-corrected chi connectivity index (χ3v) is 1.90. The molecule has 0 N–H and O–H groups in total. The third kappa shape index (κ3) is 4.84. The minimum absolute atomic E-state index is 0.250. The molecule has 108 valence electrons. The van der Waals surface area contributed by atoms with Crippen LogP contribution in [0.1, 0.15) is 5.56 Å². The van der Waals surface area contributed by atoms with Crippen LogP contribution in [0.3, 0.4) is 0 Å². The molecule has 0 spiro atoms. The van der Waals surface area contributed by atoms with E-state index in [0.717, 1.165) is 0 Å². The van der Waals surface area contributed by atoms with Gasteiger partial charge in [-0.2, -0.15) is 26.3 Å². The van der Waals surface area contributed by atoms with Crippen LogP contribution < -0.4 is 0 Å². The van der Waals surface area contributed by atoms with E-state index in [-0.39, 0.29) is 5.56 Å². The van der Waals surface area contributed by atoms with E-state index in [1.807, 2.05) is 0 Å². The van der Waals surface area contributed by atoms with Gasteiger partial charge in [0.2, 0.25) is 0 Å². The van der Waals surface area contributed by atoms with Crippen molar-refractivity contribution in [1.29, 1.82) is 0 Å². The predicted octanol–water partition coefficient (Wildman–Crippen LogP) is 3.07. The summed E-state index contributed by atoms with van der Waals surface area (Å²) in [5.74, 6) is 1.75. The largest absolute Gasteiger partial charge is 0.434 e. The fourth-order valence-corrected chi connectivity index (χ4v) is 1.10. The molecular formula is C12H6F6O2. The van der Waals surface area contributed by atoms with Gasteiger partial charge in [0.05, 0.1) is 0 Å². The summed E-state index contributed by atoms with van der Waals surface area (Å²) in [6, 6.07) is 7.52. The van der Waals surface area contributed by atoms with Gasteiger partial charge in [0.25, 0.3) is 6.10 Å². The van der Waals surface area contributed by atoms with Crippen molar-refractivity contribution in [1.82, 2.24) is 0 Å². The van der Waals surface area contributed by atoms with Crippen LogP contribution in [0.4, 0.5) is 26.3 Å². The van der Waals surface area contributed by atoms with Crippen molar-refractivity contribution in [3.8, 4) is 11.8 Å². The summed E-state index contributed by atoms with van der Waals surface area (Å²) in [6.45, 7) is 0. The van der Waals surface area contributed by atoms with Gasteiger partial charge in [0.1, 0.15) is 0 Å². The summed E-state index contributed by atoms with van der Waals surface area (Å²) >= 11 is 0. The molecular weight excluding hydrogens is 290 g/mol. The lowest BCUT2D eigenvalue weighted by Gasteiger charge is -2.21. The highest BCUT2D eigenvalue weighted by Crippen LogP contribution is 2.35. The Bertz CT molecular complexity index is 507. The molecule has 0 aliphatic rings. The molecule has 0 radical (unpaired) electrons. The van der Waals surface area contributed by atoms with Crippen LogP contribution >= 0.6 is 0 Å². The molecule has 0 heterocycles. The molecule has 0 aliphatic carbocycles. The van der Waals surface area contributed by atoms with Crippen molar-refractivity contribution in [2.24, 2.45) is 0 Å². The Hall–Kier alpha value is -2.17. The smallest absolute Gasteiger partial charge is 0.433 e. The molecule has 0 atom stereocenters. The molecule has 1 aromatic carbocycles. The SMILES string of the molecule is O=C(C#Cc1ccccc1)OC(C(F)(F)F)C(F)(F)F. The van der Waals surface area contributed by atoms with Gasteiger partial charge in [-0.1, -0.05) is 24.1 Å². The monoisotopic (exact) mass is 296 g/mol. The number of halogens is 6. The molecule has 2 nitrogen and oxygen atoms in total. The van der Waals surface area contributed by atoms with Crippen LogP contribution in [0.5, 0.6) is 0 Å². The lowest BCUT2D eigenvalue weighted by Crippen LogP contribution is -2.45. The maximum atomic E-state index is 12.1. The zero-order chi connectivity index (χ0) is 15.4. The van der Waals surface area contributed by atoms with E-state index in [9.17, 15) is 31.1 Å². The van der Waals surface area contributed by atoms with Gasteiger partial charge in [0, 0.05) is 11.5 Å². The molecule has 0 saturated heterocycles. The van der Waals surface area contributed by atoms with E-state index in [4.69, 9.17) is 0 Å². The molecule has 0 saturated carbocycles. The molecule has 0 aromatic heterocycles. The van der Waals surface area contributed by atoms with Gasteiger partial charge >= 0.3 is 18.3 Å². The Balaban J connectivity index is 2.81. The van der Waals surface area contributed by atoms with E-state index in [1.54, 1.807) is 12.0 Å². The second kappa shape index (κ2) is 5.86. The number of hydrogen-bond acceptors (Lipinski definition) is 2. The predicted molar refractivity (Wildman–Crippen MR) is 55.3 cm³/mol. The van der Waals surface area contributed by atoms with Crippen molar-refractivity contribution in [3.05, 3.63) is 35.9 Å². The first-order valence-electron chi connectivity index (χ1n) is 5.02. The van der Waals surface area contributed by atoms with Crippen LogP contribution in [-0.4, -0.2) is 24.4 Å². The number of carbonyl (C=O) groups is 1. The average Bonchev–Trinajstić information content (AvgIpc) is 2.32. The van der Waals surface area contributed by atoms with Gasteiger partial charge in [-0.25, -0.2) is 4.79 Å². The van der Waals surface area contributed by atoms with E-state index < -0.39 is 24.4 Å². The molecule has 0 aliphatic heterocycles. The van der Waals surface area contributed by atoms with Crippen molar-refractivity contribution in [2.75, 3.05) is 0 Å². The maximum absolute atomic E-state index is 12.1. The van der Waals surface area contributed by atoms with E-state index in [0.29, 0.717) is 0 Å². The first kappa shape index (κ1) is 15.9. The standard InChI is InChI=1S/C12H6F6O2/c13-11(14,15)10(12(16,17)18)20-9(19)7-6-8-4-2-1-3-5-8/h1-5,10H. The van der Waals surface area contributed by atoms with Crippen molar-refractivity contribution in [2.45, 2.75) is 18.5 Å². The van der Waals surface area contributed by atoms with Crippen molar-refractivity contribution in [3.63, 3.8) is 0 Å². The lowest BCUT2D eigenvalue weighted by atomic mass is 10.2. The Morgan fingerprint density at radius 2 is 1.50 bits per heavy atom. The first-order valence-corrected chi connectivity index (χ1v) is 5.02. The number of ether oxygens (including phenoxy) is 1. The molecule has 1 rings (SSSR count). The van der Waals surface area contributed by atoms with Crippen LogP contribution in [0.2, 0.25) is 0 Å². The van der Waals surface area contributed by atoms with Crippen molar-refractivity contribution >= 4 is 5.97 Å². The fourth-order valence-electron chi connectivity index (χ4n) is 1.10. The van der Waals surface area contributed by atoms with E-state index >= 15 is 0 Å². The lowest BCUT2D eigenvalue weighted by molar-refractivity contribution is -0.311. The first-order chi connectivity index (χ1) is 9.10. The third-order valence-electron chi connectivity index (χ3n) is 1.90. The van der Waals surface area contributed by atoms with Crippen molar-refractivity contribution < 1.29 is 35.9 Å². The van der Waals surface area contributed by atoms with Crippen LogP contribution in [0.25, 0.3) is 0 Å². The Labute approximate surface area is 109 Å². The number of rotatable bonds is 1. The molecule has 0 unspecified atom stereocenters. The van der Waals surface area contributed by atoms with Crippen LogP contribution in [0, 0.1) is 11.8 Å². The second-order valence-corrected chi connectivity index (χ2v) is 3.48. The normalized spacial score (nSPS) is 11.8. The zero-order valence-electron chi connectivity index (χ0n) is 9.55. The van der Waals surface area contributed by atoms with Gasteiger partial charge < -0.3 is 4.74 Å². The van der Waals surface area contributed by atoms with Gasteiger partial charge in [-0.15, -0.1) is 0 Å². The Kier molecular flexibility index (Phi) is 4.65. The molecule has 0 bridgehead atoms. The van der Waals surface area contributed by atoms with E-state index in [1.165, 1.54) is 24.3 Å². The molecule has 20 heavy (non-hydrogen) atoms. The number of esters is 1. The highest BCUT2D eigenvalue weighted by molar-refractivity contribution is 5.89. The van der Waals surface area contributed by atoms with Gasteiger partial charge in [-0.3, -0.25) is 0 Å². The highest BCUT2D eigenvalue weighted by Gasteiger charge is 2.59. The quantitative estimate of drug-likeness (QED) is 0.452. The molecule has 1 aromatic rings. The highest BCUT2D eigenvalue weighted by atomic mass is 19.4. The van der Waals surface area contributed by atoms with Gasteiger partial charge in [-0.05, 0) is 12.1 Å². The average molecular weight is 296 g/mol. The minimum Gasteiger partial charge on any atom is -0.433 e. The Morgan fingerprint density at radius 3 is 1.95 bits per heavy atom. The summed E-state index contributed by atoms with van der Waals surface area (Å²) in [6.07, 6.45) is -15.7. The number of carbonyl (C=O) groups excluding carboxylic acids is 1. The number of hydrogen-bond donors (Lipinski definition) is 0. The fraction of sp³-hybridized carbons (Fsp3) is 0.250.